The van der Waals surface area contributed by atoms with E-state index in [0.717, 1.165) is 33.0 Å². The molecule has 4 nitrogen and oxygen atoms in total. The Morgan fingerprint density at radius 1 is 1.33 bits per heavy atom. The van der Waals surface area contributed by atoms with E-state index in [1.165, 1.54) is 0 Å². The number of nitrogens with zero attached hydrogens (tertiary/aromatic N) is 2. The lowest BCUT2D eigenvalue weighted by Crippen LogP contribution is -2.12. The predicted molar refractivity (Wildman–Crippen MR) is 91.8 cm³/mol. The Kier molecular flexibility index (Phi) is 3.81. The van der Waals surface area contributed by atoms with E-state index in [2.05, 4.69) is 15.3 Å². The number of rotatable bonds is 4. The molecule has 0 aliphatic rings. The van der Waals surface area contributed by atoms with Gasteiger partial charge in [0.15, 0.2) is 0 Å². The zero-order chi connectivity index (χ0) is 14.8. The maximum Gasteiger partial charge on any atom is 0.127 e. The summed E-state index contributed by atoms with van der Waals surface area (Å²) < 4.78 is 0. The SMILES string of the molecule is Cc1nc(CNc2cc(C(N)=S)c3ccccc3n2)cs1. The molecule has 0 atom stereocenters. The van der Waals surface area contributed by atoms with Gasteiger partial charge in [0.25, 0.3) is 0 Å². The molecule has 3 rings (SSSR count). The molecule has 0 fully saturated rings. The first-order valence-corrected chi connectivity index (χ1v) is 7.77. The first-order chi connectivity index (χ1) is 10.1. The Morgan fingerprint density at radius 3 is 2.86 bits per heavy atom. The fraction of sp³-hybridized carbons (Fsp3) is 0.133. The molecule has 106 valence electrons. The van der Waals surface area contributed by atoms with E-state index in [1.54, 1.807) is 11.3 Å². The molecule has 1 aromatic carbocycles. The molecule has 3 N–H and O–H groups in total. The predicted octanol–water partition coefficient (Wildman–Crippen LogP) is 3.25. The molecule has 0 saturated carbocycles. The van der Waals surface area contributed by atoms with Crippen molar-refractivity contribution in [3.63, 3.8) is 0 Å². The van der Waals surface area contributed by atoms with Gasteiger partial charge < -0.3 is 11.1 Å². The van der Waals surface area contributed by atoms with Gasteiger partial charge in [-0.15, -0.1) is 11.3 Å². The standard InChI is InChI=1S/C15H14N4S2/c1-9-18-10(8-21-9)7-17-14-6-12(15(16)20)11-4-2-3-5-13(11)19-14/h2-6,8H,7H2,1H3,(H2,16,20)(H,17,19). The van der Waals surface area contributed by atoms with Gasteiger partial charge in [-0.05, 0) is 19.1 Å². The van der Waals surface area contributed by atoms with Gasteiger partial charge in [-0.1, -0.05) is 30.4 Å². The maximum absolute atomic E-state index is 5.82. The second-order valence-corrected chi connectivity index (χ2v) is 6.15. The molecule has 0 radical (unpaired) electrons. The van der Waals surface area contributed by atoms with Crippen LogP contribution in [-0.4, -0.2) is 15.0 Å². The lowest BCUT2D eigenvalue weighted by Gasteiger charge is -2.09. The van der Waals surface area contributed by atoms with Crippen molar-refractivity contribution in [2.45, 2.75) is 13.5 Å². The van der Waals surface area contributed by atoms with Crippen LogP contribution in [0.25, 0.3) is 10.9 Å². The molecule has 0 saturated heterocycles. The van der Waals surface area contributed by atoms with Crippen LogP contribution in [0.3, 0.4) is 0 Å². The fourth-order valence-corrected chi connectivity index (χ4v) is 2.92. The minimum absolute atomic E-state index is 0.376. The summed E-state index contributed by atoms with van der Waals surface area (Å²) in [5, 5.41) is 7.35. The number of anilines is 1. The number of pyridine rings is 1. The number of nitrogens with one attached hydrogen (secondary N) is 1. The highest BCUT2D eigenvalue weighted by molar-refractivity contribution is 7.80. The fourth-order valence-electron chi connectivity index (χ4n) is 2.14. The Morgan fingerprint density at radius 2 is 2.14 bits per heavy atom. The molecule has 0 spiro atoms. The van der Waals surface area contributed by atoms with E-state index in [9.17, 15) is 0 Å². The lowest BCUT2D eigenvalue weighted by molar-refractivity contribution is 1.04. The third-order valence-corrected chi connectivity index (χ3v) is 4.14. The summed E-state index contributed by atoms with van der Waals surface area (Å²) in [4.78, 5) is 9.39. The third kappa shape index (κ3) is 3.01. The van der Waals surface area contributed by atoms with Crippen LogP contribution in [0, 0.1) is 6.92 Å². The molecule has 2 aromatic heterocycles. The molecule has 0 aliphatic heterocycles. The largest absolute Gasteiger partial charge is 0.389 e. The molecular weight excluding hydrogens is 300 g/mol. The van der Waals surface area contributed by atoms with Gasteiger partial charge in [0.05, 0.1) is 22.8 Å². The van der Waals surface area contributed by atoms with Crippen molar-refractivity contribution >= 4 is 45.3 Å². The van der Waals surface area contributed by atoms with Crippen LogP contribution in [-0.2, 0) is 6.54 Å². The van der Waals surface area contributed by atoms with Gasteiger partial charge in [-0.25, -0.2) is 9.97 Å². The van der Waals surface area contributed by atoms with Gasteiger partial charge in [0.1, 0.15) is 10.8 Å². The Bertz CT molecular complexity index is 810. The average Bonchev–Trinajstić information content (AvgIpc) is 2.89. The second kappa shape index (κ2) is 5.75. The van der Waals surface area contributed by atoms with Crippen LogP contribution in [0.15, 0.2) is 35.7 Å². The quantitative estimate of drug-likeness (QED) is 0.724. The number of para-hydroxylation sites is 1. The highest BCUT2D eigenvalue weighted by Gasteiger charge is 2.08. The molecule has 6 heteroatoms. The highest BCUT2D eigenvalue weighted by atomic mass is 32.1. The van der Waals surface area contributed by atoms with Crippen molar-refractivity contribution < 1.29 is 0 Å². The summed E-state index contributed by atoms with van der Waals surface area (Å²) in [6.45, 7) is 2.62. The van der Waals surface area contributed by atoms with Crippen molar-refractivity contribution in [1.82, 2.24) is 9.97 Å². The van der Waals surface area contributed by atoms with Crippen LogP contribution in [0.2, 0.25) is 0 Å². The Hall–Kier alpha value is -2.05. The van der Waals surface area contributed by atoms with E-state index >= 15 is 0 Å². The van der Waals surface area contributed by atoms with Gasteiger partial charge in [0, 0.05) is 16.3 Å². The molecule has 0 aliphatic carbocycles. The normalized spacial score (nSPS) is 10.7. The van der Waals surface area contributed by atoms with Gasteiger partial charge in [-0.2, -0.15) is 0 Å². The summed E-state index contributed by atoms with van der Waals surface area (Å²) in [7, 11) is 0. The number of aromatic nitrogens is 2. The lowest BCUT2D eigenvalue weighted by atomic mass is 10.1. The number of hydrogen-bond donors (Lipinski definition) is 2. The number of thiocarbonyl (C=S) groups is 1. The Labute approximate surface area is 132 Å². The van der Waals surface area contributed by atoms with Crippen LogP contribution in [0.1, 0.15) is 16.3 Å². The summed E-state index contributed by atoms with van der Waals surface area (Å²) >= 11 is 6.78. The first kappa shape index (κ1) is 13.9. The van der Waals surface area contributed by atoms with Crippen LogP contribution < -0.4 is 11.1 Å². The van der Waals surface area contributed by atoms with Crippen LogP contribution in [0.5, 0.6) is 0 Å². The van der Waals surface area contributed by atoms with Gasteiger partial charge in [0.2, 0.25) is 0 Å². The molecule has 2 heterocycles. The number of thiazole rings is 1. The smallest absolute Gasteiger partial charge is 0.127 e. The molecule has 0 amide bonds. The minimum Gasteiger partial charge on any atom is -0.389 e. The Balaban J connectivity index is 1.93. The molecule has 0 unspecified atom stereocenters. The van der Waals surface area contributed by atoms with E-state index in [1.807, 2.05) is 42.6 Å². The number of benzene rings is 1. The van der Waals surface area contributed by atoms with E-state index in [0.29, 0.717) is 11.5 Å². The van der Waals surface area contributed by atoms with Gasteiger partial charge >= 0.3 is 0 Å². The minimum atomic E-state index is 0.376. The number of aryl methyl sites for hydroxylation is 1. The molecule has 3 aromatic rings. The van der Waals surface area contributed by atoms with E-state index in [-0.39, 0.29) is 0 Å². The molecular formula is C15H14N4S2. The topological polar surface area (TPSA) is 63.8 Å². The number of fused-ring (bicyclic) bond motifs is 1. The number of nitrogens with two attached hydrogens (primary N) is 1. The van der Waals surface area contributed by atoms with E-state index < -0.39 is 0 Å². The zero-order valence-electron chi connectivity index (χ0n) is 11.5. The van der Waals surface area contributed by atoms with Crippen molar-refractivity contribution in [2.24, 2.45) is 5.73 Å². The van der Waals surface area contributed by atoms with Crippen molar-refractivity contribution in [1.29, 1.82) is 0 Å². The van der Waals surface area contributed by atoms with Crippen molar-refractivity contribution in [3.05, 3.63) is 52.0 Å². The van der Waals surface area contributed by atoms with Crippen molar-refractivity contribution in [3.8, 4) is 0 Å². The maximum atomic E-state index is 5.82. The zero-order valence-corrected chi connectivity index (χ0v) is 13.1. The third-order valence-electron chi connectivity index (χ3n) is 3.10. The monoisotopic (exact) mass is 314 g/mol. The second-order valence-electron chi connectivity index (χ2n) is 4.65. The van der Waals surface area contributed by atoms with Gasteiger partial charge in [-0.3, -0.25) is 0 Å². The van der Waals surface area contributed by atoms with E-state index in [4.69, 9.17) is 18.0 Å². The van der Waals surface area contributed by atoms with Crippen molar-refractivity contribution in [2.75, 3.05) is 5.32 Å². The summed E-state index contributed by atoms with van der Waals surface area (Å²) in [5.41, 5.74) is 8.54. The summed E-state index contributed by atoms with van der Waals surface area (Å²) in [6, 6.07) is 9.73. The van der Waals surface area contributed by atoms with Crippen LogP contribution in [0.4, 0.5) is 5.82 Å². The average molecular weight is 314 g/mol. The first-order valence-electron chi connectivity index (χ1n) is 6.48. The highest BCUT2D eigenvalue weighted by Crippen LogP contribution is 2.21. The summed E-state index contributed by atoms with van der Waals surface area (Å²) in [6.07, 6.45) is 0. The van der Waals surface area contributed by atoms with Crippen LogP contribution >= 0.6 is 23.6 Å². The summed E-state index contributed by atoms with van der Waals surface area (Å²) in [5.74, 6) is 0.752. The molecule has 0 bridgehead atoms. The molecule has 21 heavy (non-hydrogen) atoms. The number of hydrogen-bond acceptors (Lipinski definition) is 5.